The van der Waals surface area contributed by atoms with Crippen LogP contribution in [0.2, 0.25) is 0 Å². The van der Waals surface area contributed by atoms with Crippen LogP contribution in [0.1, 0.15) is 20.8 Å². The summed E-state index contributed by atoms with van der Waals surface area (Å²) in [4.78, 5) is 3.93. The van der Waals surface area contributed by atoms with Gasteiger partial charge in [0.1, 0.15) is 4.90 Å². The number of nitrogens with two attached hydrogens (primary N) is 1. The highest BCUT2D eigenvalue weighted by Crippen LogP contribution is 2.23. The van der Waals surface area contributed by atoms with Gasteiger partial charge in [-0.3, -0.25) is 10.8 Å². The van der Waals surface area contributed by atoms with E-state index in [9.17, 15) is 8.42 Å². The molecule has 3 N–H and O–H groups in total. The quantitative estimate of drug-likeness (QED) is 0.602. The van der Waals surface area contributed by atoms with Crippen molar-refractivity contribution in [1.82, 2.24) is 9.29 Å². The fraction of sp³-hybridized carbons (Fsp3) is 0.500. The Morgan fingerprint density at radius 1 is 1.53 bits per heavy atom. The van der Waals surface area contributed by atoms with Crippen molar-refractivity contribution in [3.63, 3.8) is 0 Å². The van der Waals surface area contributed by atoms with Gasteiger partial charge < -0.3 is 5.43 Å². The summed E-state index contributed by atoms with van der Waals surface area (Å²) in [6.45, 7) is 5.85. The number of pyridine rings is 1. The Balaban J connectivity index is 3.30. The van der Waals surface area contributed by atoms with Crippen molar-refractivity contribution in [2.24, 2.45) is 5.84 Å². The Morgan fingerprint density at radius 3 is 2.65 bits per heavy atom. The van der Waals surface area contributed by atoms with E-state index in [4.69, 9.17) is 5.84 Å². The molecule has 0 saturated heterocycles. The molecule has 1 rings (SSSR count). The predicted molar refractivity (Wildman–Crippen MR) is 66.7 cm³/mol. The standard InChI is InChI=1S/C10H18N4O2S/c1-4-14(8(2)3)17(15,16)10-7-12-6-5-9(10)13-11/h5-8H,4,11H2,1-3H3,(H,12,13). The van der Waals surface area contributed by atoms with Crippen molar-refractivity contribution < 1.29 is 8.42 Å². The van der Waals surface area contributed by atoms with Gasteiger partial charge in [0.25, 0.3) is 0 Å². The van der Waals surface area contributed by atoms with Gasteiger partial charge in [0, 0.05) is 25.0 Å². The smallest absolute Gasteiger partial charge is 0.246 e. The molecule has 6 nitrogen and oxygen atoms in total. The number of rotatable bonds is 5. The van der Waals surface area contributed by atoms with Gasteiger partial charge >= 0.3 is 0 Å². The van der Waals surface area contributed by atoms with Gasteiger partial charge in [0.15, 0.2) is 0 Å². The van der Waals surface area contributed by atoms with Crippen LogP contribution in [0.5, 0.6) is 0 Å². The molecule has 0 atom stereocenters. The fourth-order valence-corrected chi connectivity index (χ4v) is 3.39. The molecule has 0 radical (unpaired) electrons. The summed E-state index contributed by atoms with van der Waals surface area (Å²) in [5.41, 5.74) is 2.72. The summed E-state index contributed by atoms with van der Waals surface area (Å²) in [6, 6.07) is 1.41. The van der Waals surface area contributed by atoms with Gasteiger partial charge in [-0.05, 0) is 19.9 Å². The zero-order valence-electron chi connectivity index (χ0n) is 10.2. The second-order valence-electron chi connectivity index (χ2n) is 3.82. The lowest BCUT2D eigenvalue weighted by atomic mass is 10.4. The number of sulfonamides is 1. The first-order valence-corrected chi connectivity index (χ1v) is 6.81. The molecule has 7 heteroatoms. The third kappa shape index (κ3) is 2.74. The average molecular weight is 258 g/mol. The highest BCUT2D eigenvalue weighted by atomic mass is 32.2. The molecule has 96 valence electrons. The molecule has 0 aliphatic carbocycles. The lowest BCUT2D eigenvalue weighted by molar-refractivity contribution is 0.369. The predicted octanol–water partition coefficient (Wildman–Crippen LogP) is 0.786. The van der Waals surface area contributed by atoms with Crippen molar-refractivity contribution in [2.45, 2.75) is 31.7 Å². The fourth-order valence-electron chi connectivity index (χ4n) is 1.64. The summed E-state index contributed by atoms with van der Waals surface area (Å²) >= 11 is 0. The van der Waals surface area contributed by atoms with E-state index < -0.39 is 10.0 Å². The summed E-state index contributed by atoms with van der Waals surface area (Å²) in [7, 11) is -3.56. The Labute approximate surface area is 102 Å². The topological polar surface area (TPSA) is 88.3 Å². The minimum Gasteiger partial charge on any atom is -0.323 e. The third-order valence-corrected chi connectivity index (χ3v) is 4.59. The van der Waals surface area contributed by atoms with Crippen LogP contribution in [0.15, 0.2) is 23.4 Å². The van der Waals surface area contributed by atoms with Gasteiger partial charge in [-0.25, -0.2) is 8.42 Å². The number of aromatic nitrogens is 1. The maximum absolute atomic E-state index is 12.4. The maximum Gasteiger partial charge on any atom is 0.246 e. The number of nitrogens with zero attached hydrogens (tertiary/aromatic N) is 2. The second-order valence-corrected chi connectivity index (χ2v) is 5.68. The molecular weight excluding hydrogens is 240 g/mol. The van der Waals surface area contributed by atoms with Crippen LogP contribution in [0, 0.1) is 0 Å². The number of nitrogens with one attached hydrogen (secondary N) is 1. The molecule has 1 aromatic rings. The second kappa shape index (κ2) is 5.44. The van der Waals surface area contributed by atoms with Crippen molar-refractivity contribution >= 4 is 15.7 Å². The van der Waals surface area contributed by atoms with Crippen molar-refractivity contribution in [2.75, 3.05) is 12.0 Å². The van der Waals surface area contributed by atoms with E-state index in [0.29, 0.717) is 12.2 Å². The molecular formula is C10H18N4O2S. The molecule has 0 bridgehead atoms. The van der Waals surface area contributed by atoms with Crippen LogP contribution in [-0.2, 0) is 10.0 Å². The van der Waals surface area contributed by atoms with Gasteiger partial charge in [0.2, 0.25) is 10.0 Å². The molecule has 1 aromatic heterocycles. The molecule has 0 fully saturated rings. The van der Waals surface area contributed by atoms with Crippen molar-refractivity contribution in [1.29, 1.82) is 0 Å². The van der Waals surface area contributed by atoms with E-state index >= 15 is 0 Å². The van der Waals surface area contributed by atoms with Crippen LogP contribution in [0.25, 0.3) is 0 Å². The zero-order valence-corrected chi connectivity index (χ0v) is 11.0. The summed E-state index contributed by atoms with van der Waals surface area (Å²) in [6.07, 6.45) is 2.79. The molecule has 1 heterocycles. The first-order chi connectivity index (χ1) is 7.95. The first kappa shape index (κ1) is 13.9. The normalized spacial score (nSPS) is 12.1. The number of nitrogen functional groups attached to an aromatic ring is 1. The van der Waals surface area contributed by atoms with Crippen LogP contribution in [-0.4, -0.2) is 30.3 Å². The van der Waals surface area contributed by atoms with Crippen molar-refractivity contribution in [3.8, 4) is 0 Å². The molecule has 0 aliphatic rings. The van der Waals surface area contributed by atoms with Gasteiger partial charge in [-0.15, -0.1) is 0 Å². The van der Waals surface area contributed by atoms with E-state index in [1.807, 2.05) is 13.8 Å². The zero-order chi connectivity index (χ0) is 13.1. The first-order valence-electron chi connectivity index (χ1n) is 5.37. The Morgan fingerprint density at radius 2 is 2.18 bits per heavy atom. The largest absolute Gasteiger partial charge is 0.323 e. The Bertz CT molecular complexity index is 473. The van der Waals surface area contributed by atoms with Gasteiger partial charge in [-0.1, -0.05) is 6.92 Å². The minimum absolute atomic E-state index is 0.0954. The van der Waals surface area contributed by atoms with Gasteiger partial charge in [0.05, 0.1) is 5.69 Å². The SMILES string of the molecule is CCN(C(C)C)S(=O)(=O)c1cnccc1NN. The molecule has 0 unspecified atom stereocenters. The summed E-state index contributed by atoms with van der Waals surface area (Å²) in [5.74, 6) is 5.30. The van der Waals surface area contributed by atoms with Crippen LogP contribution in [0.4, 0.5) is 5.69 Å². The number of hydrogen-bond acceptors (Lipinski definition) is 5. The average Bonchev–Trinajstić information content (AvgIpc) is 2.29. The highest BCUT2D eigenvalue weighted by molar-refractivity contribution is 7.89. The Kier molecular flexibility index (Phi) is 4.44. The minimum atomic E-state index is -3.56. The monoisotopic (exact) mass is 258 g/mol. The van der Waals surface area contributed by atoms with E-state index in [1.54, 1.807) is 6.92 Å². The molecule has 0 spiro atoms. The molecule has 0 aromatic carbocycles. The molecule has 0 amide bonds. The van der Waals surface area contributed by atoms with Gasteiger partial charge in [-0.2, -0.15) is 4.31 Å². The van der Waals surface area contributed by atoms with E-state index in [0.717, 1.165) is 0 Å². The summed E-state index contributed by atoms with van der Waals surface area (Å²) < 4.78 is 26.1. The third-order valence-electron chi connectivity index (χ3n) is 2.41. The van der Waals surface area contributed by atoms with Crippen LogP contribution < -0.4 is 11.3 Å². The number of hydrazine groups is 1. The number of anilines is 1. The summed E-state index contributed by atoms with van der Waals surface area (Å²) in [5, 5.41) is 0. The van der Waals surface area contributed by atoms with E-state index in [2.05, 4.69) is 10.4 Å². The van der Waals surface area contributed by atoms with E-state index in [1.165, 1.54) is 22.8 Å². The Hall–Kier alpha value is -1.18. The molecule has 0 aliphatic heterocycles. The number of hydrogen-bond donors (Lipinski definition) is 2. The van der Waals surface area contributed by atoms with Crippen LogP contribution in [0.3, 0.4) is 0 Å². The van der Waals surface area contributed by atoms with Crippen molar-refractivity contribution in [3.05, 3.63) is 18.5 Å². The lowest BCUT2D eigenvalue weighted by Gasteiger charge is -2.25. The lowest BCUT2D eigenvalue weighted by Crippen LogP contribution is -2.37. The van der Waals surface area contributed by atoms with Crippen LogP contribution >= 0.6 is 0 Å². The maximum atomic E-state index is 12.4. The molecule has 0 saturated carbocycles. The van der Waals surface area contributed by atoms with E-state index in [-0.39, 0.29) is 10.9 Å². The highest BCUT2D eigenvalue weighted by Gasteiger charge is 2.27. The molecule has 17 heavy (non-hydrogen) atoms.